The Morgan fingerprint density at radius 1 is 1.38 bits per heavy atom. The fourth-order valence-corrected chi connectivity index (χ4v) is 1.08. The van der Waals surface area contributed by atoms with Crippen LogP contribution in [0.2, 0.25) is 0 Å². The molecular formula is C10H10O3. The number of hydrogen-bond acceptors (Lipinski definition) is 3. The van der Waals surface area contributed by atoms with E-state index in [-0.39, 0.29) is 11.5 Å². The van der Waals surface area contributed by atoms with E-state index in [1.165, 1.54) is 12.1 Å². The summed E-state index contributed by atoms with van der Waals surface area (Å²) < 4.78 is 0. The molecule has 0 amide bonds. The smallest absolute Gasteiger partial charge is 0.161 e. The normalized spacial score (nSPS) is 9.54. The lowest BCUT2D eigenvalue weighted by Gasteiger charge is -2.04. The minimum atomic E-state index is -0.276. The summed E-state index contributed by atoms with van der Waals surface area (Å²) >= 11 is 0. The molecule has 0 heterocycles. The van der Waals surface area contributed by atoms with Gasteiger partial charge in [-0.15, -0.1) is 6.58 Å². The van der Waals surface area contributed by atoms with E-state index in [1.807, 2.05) is 0 Å². The van der Waals surface area contributed by atoms with Crippen LogP contribution in [-0.4, -0.2) is 16.5 Å². The molecule has 1 aromatic rings. The summed E-state index contributed by atoms with van der Waals surface area (Å²) in [6, 6.07) is 2.73. The van der Waals surface area contributed by atoms with Gasteiger partial charge >= 0.3 is 0 Å². The topological polar surface area (TPSA) is 57.5 Å². The summed E-state index contributed by atoms with van der Waals surface area (Å²) in [6.07, 6.45) is 2.62. The van der Waals surface area contributed by atoms with Gasteiger partial charge in [0.25, 0.3) is 0 Å². The van der Waals surface area contributed by atoms with Gasteiger partial charge in [0.15, 0.2) is 11.5 Å². The van der Waals surface area contributed by atoms with E-state index in [0.29, 0.717) is 23.8 Å². The van der Waals surface area contributed by atoms with Crippen LogP contribution in [0, 0.1) is 0 Å². The van der Waals surface area contributed by atoms with Crippen LogP contribution in [0.4, 0.5) is 0 Å². The van der Waals surface area contributed by atoms with E-state index >= 15 is 0 Å². The van der Waals surface area contributed by atoms with E-state index in [2.05, 4.69) is 6.58 Å². The van der Waals surface area contributed by atoms with Crippen LogP contribution in [0.1, 0.15) is 15.9 Å². The highest BCUT2D eigenvalue weighted by atomic mass is 16.3. The van der Waals surface area contributed by atoms with Gasteiger partial charge in [-0.05, 0) is 18.6 Å². The van der Waals surface area contributed by atoms with Gasteiger partial charge in [-0.25, -0.2) is 0 Å². The molecule has 0 fully saturated rings. The largest absolute Gasteiger partial charge is 0.504 e. The predicted octanol–water partition coefficient (Wildman–Crippen LogP) is 1.64. The first-order valence-electron chi connectivity index (χ1n) is 3.80. The molecule has 0 unspecified atom stereocenters. The van der Waals surface area contributed by atoms with Gasteiger partial charge in [-0.2, -0.15) is 0 Å². The number of phenols is 2. The fraction of sp³-hybridized carbons (Fsp3) is 0.100. The van der Waals surface area contributed by atoms with Crippen molar-refractivity contribution in [2.75, 3.05) is 0 Å². The zero-order valence-corrected chi connectivity index (χ0v) is 7.03. The van der Waals surface area contributed by atoms with Crippen molar-refractivity contribution in [3.63, 3.8) is 0 Å². The lowest BCUT2D eigenvalue weighted by atomic mass is 10.1. The SMILES string of the molecule is C=CCc1cc(C=O)cc(O)c1O. The van der Waals surface area contributed by atoms with Crippen LogP contribution < -0.4 is 0 Å². The first kappa shape index (κ1) is 9.32. The quantitative estimate of drug-likeness (QED) is 0.420. The Bertz CT molecular complexity index is 342. The summed E-state index contributed by atoms with van der Waals surface area (Å²) in [5.74, 6) is -0.466. The number of phenolic OH excluding ortho intramolecular Hbond substituents is 2. The van der Waals surface area contributed by atoms with E-state index < -0.39 is 0 Å². The van der Waals surface area contributed by atoms with Gasteiger partial charge in [-0.3, -0.25) is 4.79 Å². The van der Waals surface area contributed by atoms with Gasteiger partial charge in [0.2, 0.25) is 0 Å². The molecule has 0 atom stereocenters. The molecule has 0 saturated heterocycles. The third-order valence-electron chi connectivity index (χ3n) is 1.69. The third kappa shape index (κ3) is 1.87. The van der Waals surface area contributed by atoms with Gasteiger partial charge in [0.05, 0.1) is 0 Å². The van der Waals surface area contributed by atoms with E-state index in [4.69, 9.17) is 0 Å². The molecule has 0 aromatic heterocycles. The highest BCUT2D eigenvalue weighted by Crippen LogP contribution is 2.30. The lowest BCUT2D eigenvalue weighted by Crippen LogP contribution is -1.87. The Morgan fingerprint density at radius 2 is 2.08 bits per heavy atom. The van der Waals surface area contributed by atoms with Crippen LogP contribution >= 0.6 is 0 Å². The maximum absolute atomic E-state index is 10.4. The van der Waals surface area contributed by atoms with Crippen molar-refractivity contribution < 1.29 is 15.0 Å². The number of allylic oxidation sites excluding steroid dienone is 1. The van der Waals surface area contributed by atoms with Gasteiger partial charge in [0, 0.05) is 11.1 Å². The minimum Gasteiger partial charge on any atom is -0.504 e. The molecule has 3 heteroatoms. The fourth-order valence-electron chi connectivity index (χ4n) is 1.08. The van der Waals surface area contributed by atoms with E-state index in [9.17, 15) is 15.0 Å². The number of aldehydes is 1. The molecule has 0 aliphatic rings. The summed E-state index contributed by atoms with van der Waals surface area (Å²) in [7, 11) is 0. The van der Waals surface area contributed by atoms with Crippen molar-refractivity contribution in [2.45, 2.75) is 6.42 Å². The Kier molecular flexibility index (Phi) is 2.69. The van der Waals surface area contributed by atoms with E-state index in [1.54, 1.807) is 6.08 Å². The Hall–Kier alpha value is -1.77. The highest BCUT2D eigenvalue weighted by molar-refractivity contribution is 5.77. The van der Waals surface area contributed by atoms with Crippen molar-refractivity contribution in [1.29, 1.82) is 0 Å². The molecule has 3 nitrogen and oxygen atoms in total. The number of aromatic hydroxyl groups is 2. The van der Waals surface area contributed by atoms with Crippen molar-refractivity contribution in [2.24, 2.45) is 0 Å². The van der Waals surface area contributed by atoms with Crippen LogP contribution in [0.15, 0.2) is 24.8 Å². The zero-order valence-electron chi connectivity index (χ0n) is 7.03. The number of carbonyl (C=O) groups excluding carboxylic acids is 1. The van der Waals surface area contributed by atoms with Crippen molar-refractivity contribution in [3.05, 3.63) is 35.9 Å². The highest BCUT2D eigenvalue weighted by Gasteiger charge is 2.07. The molecule has 0 aliphatic heterocycles. The summed E-state index contributed by atoms with van der Waals surface area (Å²) in [6.45, 7) is 3.50. The molecule has 0 bridgehead atoms. The first-order chi connectivity index (χ1) is 6.19. The Labute approximate surface area is 76.0 Å². The van der Waals surface area contributed by atoms with E-state index in [0.717, 1.165) is 0 Å². The number of rotatable bonds is 3. The maximum atomic E-state index is 10.4. The lowest BCUT2D eigenvalue weighted by molar-refractivity contribution is 0.112. The number of hydrogen-bond donors (Lipinski definition) is 2. The average molecular weight is 178 g/mol. The van der Waals surface area contributed by atoms with Crippen LogP contribution in [0.5, 0.6) is 11.5 Å². The molecule has 1 aromatic carbocycles. The molecule has 13 heavy (non-hydrogen) atoms. The maximum Gasteiger partial charge on any atom is 0.161 e. The number of benzene rings is 1. The first-order valence-corrected chi connectivity index (χ1v) is 3.80. The van der Waals surface area contributed by atoms with Crippen LogP contribution in [-0.2, 0) is 6.42 Å². The van der Waals surface area contributed by atoms with Gasteiger partial charge in [0.1, 0.15) is 6.29 Å². The summed E-state index contributed by atoms with van der Waals surface area (Å²) in [4.78, 5) is 10.4. The average Bonchev–Trinajstić information content (AvgIpc) is 2.13. The van der Waals surface area contributed by atoms with Crippen LogP contribution in [0.3, 0.4) is 0 Å². The third-order valence-corrected chi connectivity index (χ3v) is 1.69. The van der Waals surface area contributed by atoms with Crippen molar-refractivity contribution in [3.8, 4) is 11.5 Å². The molecule has 0 spiro atoms. The zero-order chi connectivity index (χ0) is 9.84. The minimum absolute atomic E-state index is 0.189. The number of carbonyl (C=O) groups is 1. The Morgan fingerprint density at radius 3 is 2.62 bits per heavy atom. The molecule has 0 aliphatic carbocycles. The monoisotopic (exact) mass is 178 g/mol. The van der Waals surface area contributed by atoms with Crippen molar-refractivity contribution in [1.82, 2.24) is 0 Å². The molecule has 2 N–H and O–H groups in total. The molecule has 1 rings (SSSR count). The molecular weight excluding hydrogens is 168 g/mol. The van der Waals surface area contributed by atoms with Crippen molar-refractivity contribution >= 4 is 6.29 Å². The standard InChI is InChI=1S/C10H10O3/c1-2-3-8-4-7(6-11)5-9(12)10(8)13/h2,4-6,12-13H,1,3H2. The molecule has 0 radical (unpaired) electrons. The molecule has 68 valence electrons. The van der Waals surface area contributed by atoms with Crippen LogP contribution in [0.25, 0.3) is 0 Å². The second kappa shape index (κ2) is 3.76. The van der Waals surface area contributed by atoms with Gasteiger partial charge < -0.3 is 10.2 Å². The summed E-state index contributed by atoms with van der Waals surface area (Å²) in [5, 5.41) is 18.5. The Balaban J connectivity index is 3.23. The predicted molar refractivity (Wildman–Crippen MR) is 49.1 cm³/mol. The molecule has 0 saturated carbocycles. The van der Waals surface area contributed by atoms with Gasteiger partial charge in [-0.1, -0.05) is 6.08 Å². The second-order valence-corrected chi connectivity index (χ2v) is 2.66. The summed E-state index contributed by atoms with van der Waals surface area (Å²) in [5.41, 5.74) is 0.837. The second-order valence-electron chi connectivity index (χ2n) is 2.66.